The Morgan fingerprint density at radius 1 is 0.889 bits per heavy atom. The van der Waals surface area contributed by atoms with Gasteiger partial charge in [0.25, 0.3) is 0 Å². The molecule has 7 heteroatoms. The van der Waals surface area contributed by atoms with Crippen molar-refractivity contribution < 1.29 is 26.4 Å². The normalized spacial score (nSPS) is 12.7. The number of hydrogen-bond acceptors (Lipinski definition) is 2. The Hall–Kier alpha value is -3.74. The van der Waals surface area contributed by atoms with Gasteiger partial charge >= 0.3 is 0 Å². The predicted octanol–water partition coefficient (Wildman–Crippen LogP) is 9.14. The van der Waals surface area contributed by atoms with Crippen molar-refractivity contribution in [3.63, 3.8) is 0 Å². The van der Waals surface area contributed by atoms with Crippen molar-refractivity contribution in [1.29, 1.82) is 0 Å². The lowest BCUT2D eigenvalue weighted by atomic mass is 9.84. The van der Waals surface area contributed by atoms with Crippen LogP contribution in [-0.2, 0) is 0 Å². The van der Waals surface area contributed by atoms with Crippen LogP contribution in [0.5, 0.6) is 0 Å². The SMILES string of the molecule is C=C(CCC)/C(=C(\C=C/C)c1c(F)c(F)c(F)c(F)c1F)c1c(C)ccc2c1oc1nc(C)ccc12. The van der Waals surface area contributed by atoms with E-state index in [1.807, 2.05) is 38.1 Å². The molecule has 0 aliphatic carbocycles. The van der Waals surface area contributed by atoms with Gasteiger partial charge in [-0.25, -0.2) is 26.9 Å². The smallest absolute Gasteiger partial charge is 0.227 e. The van der Waals surface area contributed by atoms with Crippen LogP contribution in [0.1, 0.15) is 49.1 Å². The lowest BCUT2D eigenvalue weighted by Gasteiger charge is -2.20. The van der Waals surface area contributed by atoms with Crippen LogP contribution in [0.15, 0.2) is 53.0 Å². The minimum absolute atomic E-state index is 0.177. The molecule has 0 N–H and O–H groups in total. The number of aryl methyl sites for hydroxylation is 2. The third-order valence-electron chi connectivity index (χ3n) is 6.09. The van der Waals surface area contributed by atoms with E-state index in [0.717, 1.165) is 11.1 Å². The van der Waals surface area contributed by atoms with Crippen LogP contribution in [0.4, 0.5) is 22.0 Å². The van der Waals surface area contributed by atoms with Gasteiger partial charge < -0.3 is 4.42 Å². The van der Waals surface area contributed by atoms with Gasteiger partial charge in [-0.2, -0.15) is 0 Å². The highest BCUT2D eigenvalue weighted by molar-refractivity contribution is 6.13. The maximum Gasteiger partial charge on any atom is 0.227 e. The molecule has 0 saturated heterocycles. The molecule has 36 heavy (non-hydrogen) atoms. The molecule has 0 aliphatic heterocycles. The molecular formula is C29H24F5NO. The van der Waals surface area contributed by atoms with Gasteiger partial charge in [-0.1, -0.05) is 44.2 Å². The quantitative estimate of drug-likeness (QED) is 0.0873. The molecule has 0 fully saturated rings. The summed E-state index contributed by atoms with van der Waals surface area (Å²) in [6.45, 7) is 11.2. The number of furan rings is 1. The molecule has 2 heterocycles. The summed E-state index contributed by atoms with van der Waals surface area (Å²) in [4.78, 5) is 4.44. The van der Waals surface area contributed by atoms with E-state index in [2.05, 4.69) is 11.6 Å². The maximum atomic E-state index is 15.1. The Labute approximate surface area is 205 Å². The van der Waals surface area contributed by atoms with Crippen molar-refractivity contribution in [2.45, 2.75) is 40.5 Å². The number of allylic oxidation sites excluding steroid dienone is 5. The molecule has 0 radical (unpaired) electrons. The van der Waals surface area contributed by atoms with Gasteiger partial charge in [0.1, 0.15) is 5.58 Å². The second-order valence-corrected chi connectivity index (χ2v) is 8.63. The van der Waals surface area contributed by atoms with E-state index in [-0.39, 0.29) is 11.1 Å². The molecule has 0 unspecified atom stereocenters. The molecule has 0 aliphatic rings. The van der Waals surface area contributed by atoms with Crippen molar-refractivity contribution in [3.05, 3.63) is 100 Å². The lowest BCUT2D eigenvalue weighted by Crippen LogP contribution is -2.08. The van der Waals surface area contributed by atoms with Crippen LogP contribution in [0.3, 0.4) is 0 Å². The molecule has 2 aromatic carbocycles. The fourth-order valence-electron chi connectivity index (χ4n) is 4.45. The highest BCUT2D eigenvalue weighted by Gasteiger charge is 2.30. The van der Waals surface area contributed by atoms with Crippen LogP contribution < -0.4 is 0 Å². The second-order valence-electron chi connectivity index (χ2n) is 8.63. The standard InChI is InChI=1S/C29H24F5NO/c1-6-8-14(3)20(19(9-7-2)22-23(30)25(32)27(34)26(33)24(22)31)21-15(4)10-12-17-18-13-11-16(5)35-29(18)36-28(17)21/h7,9-13H,3,6,8H2,1-2,4-5H3/b9-7-,20-19-. The van der Waals surface area contributed by atoms with Gasteiger partial charge in [0.15, 0.2) is 23.3 Å². The molecule has 0 atom stereocenters. The summed E-state index contributed by atoms with van der Waals surface area (Å²) in [5.41, 5.74) is 2.16. The first-order valence-corrected chi connectivity index (χ1v) is 11.5. The number of nitrogens with zero attached hydrogens (tertiary/aromatic N) is 1. The molecule has 4 rings (SSSR count). The molecule has 0 bridgehead atoms. The lowest BCUT2D eigenvalue weighted by molar-refractivity contribution is 0.376. The van der Waals surface area contributed by atoms with Crippen molar-refractivity contribution in [1.82, 2.24) is 4.98 Å². The molecule has 2 aromatic heterocycles. The third kappa shape index (κ3) is 4.02. The largest absolute Gasteiger partial charge is 0.437 e. The minimum Gasteiger partial charge on any atom is -0.437 e. The molecule has 186 valence electrons. The Morgan fingerprint density at radius 2 is 1.50 bits per heavy atom. The zero-order chi connectivity index (χ0) is 26.3. The van der Waals surface area contributed by atoms with E-state index in [9.17, 15) is 13.2 Å². The summed E-state index contributed by atoms with van der Waals surface area (Å²) < 4.78 is 78.7. The average Bonchev–Trinajstić information content (AvgIpc) is 3.20. The van der Waals surface area contributed by atoms with E-state index < -0.39 is 34.6 Å². The first kappa shape index (κ1) is 25.4. The summed E-state index contributed by atoms with van der Waals surface area (Å²) in [6.07, 6.45) is 3.86. The van der Waals surface area contributed by atoms with Crippen LogP contribution in [-0.4, -0.2) is 4.98 Å². The highest BCUT2D eigenvalue weighted by atomic mass is 19.2. The van der Waals surface area contributed by atoms with Crippen LogP contribution in [0.25, 0.3) is 33.2 Å². The topological polar surface area (TPSA) is 26.0 Å². The Kier molecular flexibility index (Phi) is 6.85. The van der Waals surface area contributed by atoms with Gasteiger partial charge in [-0.15, -0.1) is 0 Å². The zero-order valence-corrected chi connectivity index (χ0v) is 20.3. The van der Waals surface area contributed by atoms with Crippen LogP contribution >= 0.6 is 0 Å². The Morgan fingerprint density at radius 3 is 2.11 bits per heavy atom. The number of halogens is 5. The maximum absolute atomic E-state index is 15.1. The van der Waals surface area contributed by atoms with Crippen molar-refractivity contribution in [3.8, 4) is 0 Å². The molecule has 0 amide bonds. The fourth-order valence-corrected chi connectivity index (χ4v) is 4.45. The van der Waals surface area contributed by atoms with E-state index in [1.165, 1.54) is 12.2 Å². The van der Waals surface area contributed by atoms with Gasteiger partial charge in [-0.3, -0.25) is 0 Å². The van der Waals surface area contributed by atoms with E-state index >= 15 is 8.78 Å². The molecule has 4 aromatic rings. The Balaban J connectivity index is 2.24. The minimum atomic E-state index is -2.21. The van der Waals surface area contributed by atoms with Crippen LogP contribution in [0, 0.1) is 42.9 Å². The Bertz CT molecular complexity index is 1560. The number of aromatic nitrogens is 1. The molecule has 2 nitrogen and oxygen atoms in total. The summed E-state index contributed by atoms with van der Waals surface area (Å²) >= 11 is 0. The number of rotatable bonds is 6. The monoisotopic (exact) mass is 497 g/mol. The first-order valence-electron chi connectivity index (χ1n) is 11.5. The van der Waals surface area contributed by atoms with Gasteiger partial charge in [0, 0.05) is 22.0 Å². The van der Waals surface area contributed by atoms with E-state index in [0.29, 0.717) is 46.2 Å². The molecule has 0 saturated carbocycles. The summed E-state index contributed by atoms with van der Waals surface area (Å²) in [7, 11) is 0. The number of benzene rings is 2. The van der Waals surface area contributed by atoms with E-state index in [1.54, 1.807) is 13.8 Å². The summed E-state index contributed by atoms with van der Waals surface area (Å²) in [5.74, 6) is -10.0. The first-order chi connectivity index (χ1) is 17.1. The molecule has 0 spiro atoms. The van der Waals surface area contributed by atoms with Gasteiger partial charge in [0.05, 0.1) is 5.56 Å². The second kappa shape index (κ2) is 9.72. The highest BCUT2D eigenvalue weighted by Crippen LogP contribution is 2.43. The number of hydrogen-bond donors (Lipinski definition) is 0. The summed E-state index contributed by atoms with van der Waals surface area (Å²) in [5, 5.41) is 1.44. The summed E-state index contributed by atoms with van der Waals surface area (Å²) in [6, 6.07) is 7.37. The predicted molar refractivity (Wildman–Crippen MR) is 133 cm³/mol. The third-order valence-corrected chi connectivity index (χ3v) is 6.09. The average molecular weight is 498 g/mol. The van der Waals surface area contributed by atoms with Crippen molar-refractivity contribution in [2.24, 2.45) is 0 Å². The van der Waals surface area contributed by atoms with Crippen molar-refractivity contribution >= 4 is 33.2 Å². The van der Waals surface area contributed by atoms with Crippen molar-refractivity contribution in [2.75, 3.05) is 0 Å². The number of pyridine rings is 1. The fraction of sp³-hybridized carbons (Fsp3) is 0.207. The molecular weight excluding hydrogens is 473 g/mol. The van der Waals surface area contributed by atoms with Crippen LogP contribution in [0.2, 0.25) is 0 Å². The zero-order valence-electron chi connectivity index (χ0n) is 20.3. The van der Waals surface area contributed by atoms with Gasteiger partial charge in [-0.05, 0) is 61.6 Å². The van der Waals surface area contributed by atoms with E-state index in [4.69, 9.17) is 4.42 Å². The van der Waals surface area contributed by atoms with Gasteiger partial charge in [0.2, 0.25) is 11.5 Å². The number of fused-ring (bicyclic) bond motifs is 3.